The largest absolute Gasteiger partial charge is 0.478 e. The molecule has 0 aliphatic heterocycles. The van der Waals surface area contributed by atoms with Crippen LogP contribution >= 0.6 is 11.6 Å². The van der Waals surface area contributed by atoms with Gasteiger partial charge in [0.1, 0.15) is 5.82 Å². The Morgan fingerprint density at radius 2 is 1.95 bits per heavy atom. The highest BCUT2D eigenvalue weighted by Crippen LogP contribution is 2.32. The summed E-state index contributed by atoms with van der Waals surface area (Å²) in [5.41, 5.74) is 1.57. The third kappa shape index (κ3) is 2.66. The summed E-state index contributed by atoms with van der Waals surface area (Å²) in [6, 6.07) is 8.47. The molecule has 0 unspecified atom stereocenters. The second-order valence-corrected chi connectivity index (χ2v) is 4.89. The third-order valence-corrected chi connectivity index (χ3v) is 3.35. The molecule has 0 fully saturated rings. The fourth-order valence-corrected chi connectivity index (χ4v) is 2.32. The molecule has 0 amide bonds. The lowest BCUT2D eigenvalue weighted by molar-refractivity contribution is 0.0697. The van der Waals surface area contributed by atoms with Crippen LogP contribution < -0.4 is 0 Å². The van der Waals surface area contributed by atoms with Crippen LogP contribution in [0.5, 0.6) is 0 Å². The van der Waals surface area contributed by atoms with Crippen LogP contribution in [0.3, 0.4) is 0 Å². The molecule has 8 heteroatoms. The van der Waals surface area contributed by atoms with Crippen LogP contribution in [0.4, 0.5) is 4.39 Å². The second kappa shape index (κ2) is 5.53. The molecule has 6 nitrogen and oxygen atoms in total. The first-order valence-corrected chi connectivity index (χ1v) is 6.50. The van der Waals surface area contributed by atoms with Crippen molar-refractivity contribution in [2.75, 3.05) is 0 Å². The van der Waals surface area contributed by atoms with Gasteiger partial charge in [-0.1, -0.05) is 11.6 Å². The molecular weight excluding hydrogens is 311 g/mol. The zero-order valence-corrected chi connectivity index (χ0v) is 11.7. The van der Waals surface area contributed by atoms with Crippen molar-refractivity contribution < 1.29 is 14.3 Å². The number of halogens is 2. The molecule has 1 heterocycles. The van der Waals surface area contributed by atoms with Gasteiger partial charge in [0, 0.05) is 11.1 Å². The molecule has 0 radical (unpaired) electrons. The van der Waals surface area contributed by atoms with Gasteiger partial charge >= 0.3 is 5.97 Å². The number of hydrogen-bond acceptors (Lipinski definition) is 4. The maximum atomic E-state index is 13.2. The van der Waals surface area contributed by atoms with E-state index >= 15 is 0 Å². The van der Waals surface area contributed by atoms with Gasteiger partial charge in [0.25, 0.3) is 0 Å². The number of carboxylic acids is 1. The van der Waals surface area contributed by atoms with Crippen LogP contribution in [0.1, 0.15) is 10.4 Å². The molecule has 3 aromatic rings. The average Bonchev–Trinajstić information content (AvgIpc) is 3.01. The minimum Gasteiger partial charge on any atom is -0.478 e. The molecule has 110 valence electrons. The average molecular weight is 319 g/mol. The van der Waals surface area contributed by atoms with Crippen molar-refractivity contribution in [3.8, 4) is 22.5 Å². The quantitative estimate of drug-likeness (QED) is 0.774. The number of nitrogens with zero attached hydrogens (tertiary/aromatic N) is 3. The lowest BCUT2D eigenvalue weighted by atomic mass is 9.99. The molecule has 22 heavy (non-hydrogen) atoms. The Morgan fingerprint density at radius 3 is 2.59 bits per heavy atom. The molecule has 2 aromatic carbocycles. The number of H-pyrrole nitrogens is 1. The van der Waals surface area contributed by atoms with Gasteiger partial charge in [-0.25, -0.2) is 14.3 Å². The third-order valence-electron chi connectivity index (χ3n) is 3.04. The predicted octanol–water partition coefficient (Wildman–Crippen LogP) is 3.02. The number of aromatic amines is 1. The van der Waals surface area contributed by atoms with Crippen molar-refractivity contribution in [2.45, 2.75) is 0 Å². The van der Waals surface area contributed by atoms with Gasteiger partial charge in [-0.05, 0) is 52.4 Å². The molecule has 0 saturated heterocycles. The molecule has 0 atom stereocenters. The minimum absolute atomic E-state index is 0.0456. The van der Waals surface area contributed by atoms with Gasteiger partial charge in [-0.2, -0.15) is 0 Å². The van der Waals surface area contributed by atoms with Crippen LogP contribution in [-0.4, -0.2) is 31.7 Å². The minimum atomic E-state index is -1.10. The Bertz CT molecular complexity index is 852. The maximum Gasteiger partial charge on any atom is 0.335 e. The van der Waals surface area contributed by atoms with Crippen LogP contribution in [0.2, 0.25) is 5.02 Å². The topological polar surface area (TPSA) is 91.8 Å². The van der Waals surface area contributed by atoms with E-state index in [9.17, 15) is 14.3 Å². The summed E-state index contributed by atoms with van der Waals surface area (Å²) in [6.45, 7) is 0. The fraction of sp³-hybridized carbons (Fsp3) is 0. The second-order valence-electron chi connectivity index (χ2n) is 4.48. The molecule has 1 aromatic heterocycles. The van der Waals surface area contributed by atoms with E-state index in [1.54, 1.807) is 6.07 Å². The molecule has 2 N–H and O–H groups in total. The Labute approximate surface area is 128 Å². The molecule has 3 rings (SSSR count). The van der Waals surface area contributed by atoms with Crippen molar-refractivity contribution in [2.24, 2.45) is 0 Å². The van der Waals surface area contributed by atoms with Gasteiger partial charge in [0.15, 0.2) is 5.82 Å². The van der Waals surface area contributed by atoms with Crippen molar-refractivity contribution in [1.82, 2.24) is 20.6 Å². The summed E-state index contributed by atoms with van der Waals surface area (Å²) < 4.78 is 13.2. The van der Waals surface area contributed by atoms with Crippen LogP contribution in [-0.2, 0) is 0 Å². The van der Waals surface area contributed by atoms with E-state index in [-0.39, 0.29) is 10.6 Å². The Balaban J connectivity index is 2.20. The first-order chi connectivity index (χ1) is 10.5. The van der Waals surface area contributed by atoms with E-state index in [0.717, 1.165) is 0 Å². The van der Waals surface area contributed by atoms with Crippen molar-refractivity contribution in [1.29, 1.82) is 0 Å². The highest BCUT2D eigenvalue weighted by Gasteiger charge is 2.13. The van der Waals surface area contributed by atoms with Crippen molar-refractivity contribution >= 4 is 17.6 Å². The number of carboxylic acid groups (broad SMARTS) is 1. The highest BCUT2D eigenvalue weighted by atomic mass is 35.5. The van der Waals surface area contributed by atoms with E-state index in [1.807, 2.05) is 0 Å². The van der Waals surface area contributed by atoms with Gasteiger partial charge in [0.05, 0.1) is 10.6 Å². The van der Waals surface area contributed by atoms with E-state index in [0.29, 0.717) is 22.5 Å². The molecule has 0 aliphatic carbocycles. The van der Waals surface area contributed by atoms with Crippen molar-refractivity contribution in [3.05, 3.63) is 52.8 Å². The van der Waals surface area contributed by atoms with Gasteiger partial charge in [-0.3, -0.25) is 0 Å². The number of carbonyl (C=O) groups is 1. The lowest BCUT2D eigenvalue weighted by Crippen LogP contribution is -1.98. The zero-order chi connectivity index (χ0) is 15.7. The van der Waals surface area contributed by atoms with Crippen LogP contribution in [0.15, 0.2) is 36.4 Å². The summed E-state index contributed by atoms with van der Waals surface area (Å²) in [5.74, 6) is -1.25. The maximum absolute atomic E-state index is 13.2. The van der Waals surface area contributed by atoms with E-state index in [2.05, 4.69) is 20.6 Å². The smallest absolute Gasteiger partial charge is 0.335 e. The predicted molar refractivity (Wildman–Crippen MR) is 77.0 cm³/mol. The number of benzene rings is 2. The number of rotatable bonds is 3. The van der Waals surface area contributed by atoms with Gasteiger partial charge in [-0.15, -0.1) is 5.10 Å². The zero-order valence-electron chi connectivity index (χ0n) is 10.9. The summed E-state index contributed by atoms with van der Waals surface area (Å²) in [5, 5.41) is 22.7. The number of nitrogens with one attached hydrogen (secondary N) is 1. The summed E-state index contributed by atoms with van der Waals surface area (Å²) in [6.07, 6.45) is 0. The van der Waals surface area contributed by atoms with Crippen molar-refractivity contribution in [3.63, 3.8) is 0 Å². The number of aromatic carboxylic acids is 1. The first kappa shape index (κ1) is 14.2. The Hall–Kier alpha value is -2.80. The summed E-state index contributed by atoms with van der Waals surface area (Å²) in [7, 11) is 0. The van der Waals surface area contributed by atoms with E-state index < -0.39 is 11.8 Å². The molecule has 0 bridgehead atoms. The van der Waals surface area contributed by atoms with E-state index in [4.69, 9.17) is 11.6 Å². The first-order valence-electron chi connectivity index (χ1n) is 6.12. The molecule has 0 saturated carbocycles. The lowest BCUT2D eigenvalue weighted by Gasteiger charge is -2.08. The highest BCUT2D eigenvalue weighted by molar-refractivity contribution is 6.33. The summed E-state index contributed by atoms with van der Waals surface area (Å²) in [4.78, 5) is 11.3. The number of hydrogen-bond donors (Lipinski definition) is 2. The molecule has 0 spiro atoms. The molecular formula is C14H8ClFN4O2. The number of aromatic nitrogens is 4. The van der Waals surface area contributed by atoms with Gasteiger partial charge < -0.3 is 5.11 Å². The Kier molecular flexibility index (Phi) is 3.56. The summed E-state index contributed by atoms with van der Waals surface area (Å²) >= 11 is 6.04. The monoisotopic (exact) mass is 318 g/mol. The van der Waals surface area contributed by atoms with Crippen LogP contribution in [0.25, 0.3) is 22.5 Å². The normalized spacial score (nSPS) is 10.6. The van der Waals surface area contributed by atoms with Gasteiger partial charge in [0.2, 0.25) is 0 Å². The number of tetrazole rings is 1. The van der Waals surface area contributed by atoms with Crippen LogP contribution in [0, 0.1) is 5.82 Å². The SMILES string of the molecule is O=C(O)c1cc(-c2nnn[nH]2)cc(-c2ccc(F)cc2Cl)c1. The Morgan fingerprint density at radius 1 is 1.18 bits per heavy atom. The molecule has 0 aliphatic rings. The van der Waals surface area contributed by atoms with E-state index in [1.165, 1.54) is 30.3 Å². The standard InChI is InChI=1S/C14H8ClFN4O2/c15-12-6-10(16)1-2-11(12)7-3-8(13-17-19-20-18-13)5-9(4-7)14(21)22/h1-6H,(H,21,22)(H,17,18,19,20). The fourth-order valence-electron chi connectivity index (χ4n) is 2.05.